The van der Waals surface area contributed by atoms with E-state index in [1.54, 1.807) is 0 Å². The number of Topliss-reactive ketones (excluding diaryl/α,β-unsaturated/α-hetero) is 1. The molecule has 0 radical (unpaired) electrons. The van der Waals surface area contributed by atoms with Gasteiger partial charge in [0.05, 0.1) is 16.6 Å². The lowest BCUT2D eigenvalue weighted by Crippen LogP contribution is -2.57. The van der Waals surface area contributed by atoms with Crippen LogP contribution in [-0.2, 0) is 14.3 Å². The summed E-state index contributed by atoms with van der Waals surface area (Å²) in [5, 5.41) is 32.5. The van der Waals surface area contributed by atoms with Gasteiger partial charge in [0.1, 0.15) is 17.0 Å². The van der Waals surface area contributed by atoms with Gasteiger partial charge in [0.2, 0.25) is 5.91 Å². The first kappa shape index (κ1) is 32.2. The summed E-state index contributed by atoms with van der Waals surface area (Å²) in [5.41, 5.74) is -1.22. The van der Waals surface area contributed by atoms with Crippen molar-refractivity contribution in [2.24, 2.45) is 22.7 Å². The van der Waals surface area contributed by atoms with Crippen molar-refractivity contribution >= 4 is 35.1 Å². The number of aromatic carboxylic acids is 1. The molecule has 1 amide bonds. The number of rotatable bonds is 10. The molecule has 0 unspecified atom stereocenters. The van der Waals surface area contributed by atoms with E-state index < -0.39 is 34.4 Å². The summed E-state index contributed by atoms with van der Waals surface area (Å²) < 4.78 is 6.62. The van der Waals surface area contributed by atoms with Crippen molar-refractivity contribution in [2.75, 3.05) is 5.32 Å². The Morgan fingerprint density at radius 1 is 1.15 bits per heavy atom. The maximum atomic E-state index is 14.5. The Morgan fingerprint density at radius 2 is 1.96 bits per heavy atom. The summed E-state index contributed by atoms with van der Waals surface area (Å²) in [4.78, 5) is 40.9. The Hall–Kier alpha value is -3.74. The number of anilines is 1. The van der Waals surface area contributed by atoms with Crippen LogP contribution in [0.2, 0.25) is 0 Å². The van der Waals surface area contributed by atoms with Crippen LogP contribution in [0, 0.1) is 34.5 Å². The second-order valence-corrected chi connectivity index (χ2v) is 15.0. The van der Waals surface area contributed by atoms with Gasteiger partial charge in [-0.1, -0.05) is 62.4 Å². The molecule has 0 aromatic heterocycles. The normalized spacial score (nSPS) is 30.4. The first-order chi connectivity index (χ1) is 21.9. The molecule has 2 saturated heterocycles. The lowest BCUT2D eigenvalue weighted by Gasteiger charge is -2.56. The Bertz CT molecular complexity index is 1690. The smallest absolute Gasteiger partial charge is 0.339 e. The molecule has 242 valence electrons. The average molecular weight is 644 g/mol. The number of amides is 1. The highest BCUT2D eigenvalue weighted by molar-refractivity contribution is 8.04. The van der Waals surface area contributed by atoms with E-state index in [4.69, 9.17) is 4.74 Å². The lowest BCUT2D eigenvalue weighted by molar-refractivity contribution is -0.169. The number of carboxylic acids is 1. The number of thioether (sulfide) groups is 1. The lowest BCUT2D eigenvalue weighted by atomic mass is 9.51. The number of aromatic hydroxyl groups is 2. The molecule has 5 aliphatic rings. The van der Waals surface area contributed by atoms with Gasteiger partial charge in [0, 0.05) is 34.6 Å². The van der Waals surface area contributed by atoms with Gasteiger partial charge in [0.25, 0.3) is 0 Å². The first-order valence-corrected chi connectivity index (χ1v) is 17.0. The topological polar surface area (TPSA) is 133 Å². The summed E-state index contributed by atoms with van der Waals surface area (Å²) in [6, 6.07) is 10.2. The molecule has 1 spiro atoms. The third-order valence-electron chi connectivity index (χ3n) is 10.7. The van der Waals surface area contributed by atoms with Crippen LogP contribution in [0.5, 0.6) is 11.5 Å². The van der Waals surface area contributed by atoms with Gasteiger partial charge in [-0.2, -0.15) is 0 Å². The summed E-state index contributed by atoms with van der Waals surface area (Å²) in [5.74, 6) is 3.76. The Balaban J connectivity index is 1.26. The fraction of sp³-hybridized carbons (Fsp3) is 0.486. The van der Waals surface area contributed by atoms with Crippen LogP contribution in [0.25, 0.3) is 0 Å². The Labute approximate surface area is 274 Å². The molecule has 2 saturated carbocycles. The first-order valence-electron chi connectivity index (χ1n) is 16.2. The number of unbranched alkanes of at least 4 members (excludes halogenated alkanes) is 3. The van der Waals surface area contributed by atoms with Crippen molar-refractivity contribution in [3.05, 3.63) is 58.5 Å². The largest absolute Gasteiger partial charge is 0.506 e. The molecule has 9 heteroatoms. The third-order valence-corrected chi connectivity index (χ3v) is 11.7. The van der Waals surface area contributed by atoms with E-state index in [2.05, 4.69) is 37.1 Å². The highest BCUT2D eigenvalue weighted by atomic mass is 32.2. The predicted molar refractivity (Wildman–Crippen MR) is 176 cm³/mol. The monoisotopic (exact) mass is 643 g/mol. The number of benzene rings is 2. The van der Waals surface area contributed by atoms with Gasteiger partial charge in [0.15, 0.2) is 11.5 Å². The van der Waals surface area contributed by atoms with Crippen LogP contribution < -0.4 is 5.32 Å². The van der Waals surface area contributed by atoms with Crippen LogP contribution in [0.15, 0.2) is 52.3 Å². The van der Waals surface area contributed by atoms with Crippen molar-refractivity contribution in [3.63, 3.8) is 0 Å². The number of phenolic OH excluding ortho intramolecular Hbond substituents is 1. The van der Waals surface area contributed by atoms with E-state index >= 15 is 0 Å². The molecular weight excluding hydrogens is 602 g/mol. The minimum atomic E-state index is -1.39. The maximum Gasteiger partial charge on any atom is 0.339 e. The van der Waals surface area contributed by atoms with E-state index in [-0.39, 0.29) is 47.4 Å². The predicted octanol–water partition coefficient (Wildman–Crippen LogP) is 7.29. The molecule has 8 nitrogen and oxygen atoms in total. The van der Waals surface area contributed by atoms with Crippen molar-refractivity contribution in [1.82, 2.24) is 0 Å². The molecule has 3 aliphatic carbocycles. The van der Waals surface area contributed by atoms with Crippen LogP contribution in [0.3, 0.4) is 0 Å². The van der Waals surface area contributed by atoms with Crippen molar-refractivity contribution in [2.45, 2.75) is 95.2 Å². The minimum Gasteiger partial charge on any atom is -0.506 e. The van der Waals surface area contributed by atoms with Gasteiger partial charge in [-0.25, -0.2) is 4.79 Å². The second kappa shape index (κ2) is 12.1. The minimum absolute atomic E-state index is 0.0156. The summed E-state index contributed by atoms with van der Waals surface area (Å²) in [6.45, 7) is 6.32. The SMILES string of the molecule is CCCCCC#Cc1cccc(SC2=C[C@]34C[C@H]5C[C@H](O[C@@]5(C)C3)[C@H]4[C@](C)(CCC(=O)Nc3c(O)ccc(C(=O)O)c3O)C2=O)c1. The summed E-state index contributed by atoms with van der Waals surface area (Å²) in [7, 11) is 0. The van der Waals surface area contributed by atoms with Crippen LogP contribution in [0.1, 0.15) is 94.5 Å². The standard InChI is InChI=1S/C37H41NO7S/c1-4-5-6-7-8-10-22-11-9-12-24(17-22)46-28-20-37-19-23-18-27(45-36(23,3)21-37)32(37)35(2,33(28)42)16-15-29(40)38-30-26(39)14-13-25(31(30)41)34(43)44/h9,11-14,17,20,23,27,32,39,41H,4-7,15-16,18-19,21H2,1-3H3,(H,38,40)(H,43,44)/t23-,27+,32+,35+,36+,37-/m1/s1. The number of phenols is 2. The molecule has 2 aliphatic heterocycles. The van der Waals surface area contributed by atoms with Gasteiger partial charge >= 0.3 is 5.97 Å². The van der Waals surface area contributed by atoms with E-state index in [1.165, 1.54) is 18.2 Å². The Morgan fingerprint density at radius 3 is 2.70 bits per heavy atom. The number of ether oxygens (including phenoxy) is 1. The number of hydrogen-bond acceptors (Lipinski definition) is 7. The number of ketones is 1. The maximum absolute atomic E-state index is 14.5. The fourth-order valence-corrected chi connectivity index (χ4v) is 9.89. The number of carbonyl (C=O) groups is 3. The van der Waals surface area contributed by atoms with Crippen molar-refractivity contribution in [3.8, 4) is 23.3 Å². The number of carboxylic acid groups (broad SMARTS) is 1. The molecule has 2 heterocycles. The molecule has 2 aromatic carbocycles. The summed E-state index contributed by atoms with van der Waals surface area (Å²) in [6.07, 6.45) is 9.23. The zero-order valence-electron chi connectivity index (χ0n) is 26.5. The third kappa shape index (κ3) is 5.60. The molecule has 4 N–H and O–H groups in total. The van der Waals surface area contributed by atoms with Gasteiger partial charge in [-0.3, -0.25) is 9.59 Å². The van der Waals surface area contributed by atoms with Gasteiger partial charge in [-0.15, -0.1) is 0 Å². The molecule has 6 atom stereocenters. The highest BCUT2D eigenvalue weighted by Crippen LogP contribution is 2.72. The molecular formula is C37H41NO7S. The van der Waals surface area contributed by atoms with Crippen molar-refractivity contribution in [1.29, 1.82) is 0 Å². The van der Waals surface area contributed by atoms with Crippen molar-refractivity contribution < 1.29 is 34.4 Å². The van der Waals surface area contributed by atoms with E-state index in [0.717, 1.165) is 61.1 Å². The Kier molecular flexibility index (Phi) is 8.49. The van der Waals surface area contributed by atoms with E-state index in [1.807, 2.05) is 31.2 Å². The summed E-state index contributed by atoms with van der Waals surface area (Å²) >= 11 is 1.47. The van der Waals surface area contributed by atoms with E-state index in [9.17, 15) is 29.7 Å². The quantitative estimate of drug-likeness (QED) is 0.121. The number of carbonyl (C=O) groups excluding carboxylic acids is 2. The molecule has 7 rings (SSSR count). The van der Waals surface area contributed by atoms with Gasteiger partial charge in [-0.05, 0) is 80.7 Å². The highest BCUT2D eigenvalue weighted by Gasteiger charge is 2.72. The average Bonchev–Trinajstić information content (AvgIpc) is 3.37. The zero-order valence-corrected chi connectivity index (χ0v) is 27.3. The number of nitrogens with one attached hydrogen (secondary N) is 1. The zero-order chi connectivity index (χ0) is 32.9. The fourth-order valence-electron chi connectivity index (χ4n) is 8.68. The van der Waals surface area contributed by atoms with Crippen LogP contribution >= 0.6 is 11.8 Å². The number of hydrogen-bond donors (Lipinski definition) is 4. The second-order valence-electron chi connectivity index (χ2n) is 13.8. The molecule has 46 heavy (non-hydrogen) atoms. The molecule has 4 fully saturated rings. The van der Waals surface area contributed by atoms with Gasteiger partial charge < -0.3 is 25.4 Å². The molecule has 2 aromatic rings. The van der Waals surface area contributed by atoms with Crippen LogP contribution in [0.4, 0.5) is 5.69 Å². The number of allylic oxidation sites excluding steroid dienone is 2. The van der Waals surface area contributed by atoms with E-state index in [0.29, 0.717) is 10.8 Å². The van der Waals surface area contributed by atoms with Crippen LogP contribution in [-0.4, -0.2) is 44.7 Å². The molecule has 4 bridgehead atoms.